The molecular formula is C16H25BN2O2. The minimum Gasteiger partial charge on any atom is -0.399 e. The summed E-state index contributed by atoms with van der Waals surface area (Å²) in [5.74, 6) is 1.72. The van der Waals surface area contributed by atoms with Gasteiger partial charge in [-0.1, -0.05) is 6.07 Å². The fourth-order valence-electron chi connectivity index (χ4n) is 2.67. The zero-order valence-corrected chi connectivity index (χ0v) is 13.9. The number of nitrogens with zero attached hydrogens (tertiary/aromatic N) is 2. The van der Waals surface area contributed by atoms with Gasteiger partial charge in [0.1, 0.15) is 5.82 Å². The third-order valence-electron chi connectivity index (χ3n) is 4.88. The molecule has 0 amide bonds. The summed E-state index contributed by atoms with van der Waals surface area (Å²) >= 11 is 0. The summed E-state index contributed by atoms with van der Waals surface area (Å²) in [5, 5.41) is 0. The molecule has 5 heteroatoms. The van der Waals surface area contributed by atoms with Crippen LogP contribution < -0.4 is 10.4 Å². The zero-order valence-electron chi connectivity index (χ0n) is 13.9. The molecule has 0 bridgehead atoms. The Hall–Kier alpha value is -1.07. The van der Waals surface area contributed by atoms with E-state index in [-0.39, 0.29) is 18.3 Å². The number of hydrogen-bond donors (Lipinski definition) is 0. The Kier molecular flexibility index (Phi) is 3.34. The molecule has 0 unspecified atom stereocenters. The smallest absolute Gasteiger partial charge is 0.399 e. The van der Waals surface area contributed by atoms with Gasteiger partial charge in [-0.15, -0.1) is 0 Å². The summed E-state index contributed by atoms with van der Waals surface area (Å²) in [6.07, 6.45) is 4.41. The van der Waals surface area contributed by atoms with Crippen LogP contribution >= 0.6 is 0 Å². The summed E-state index contributed by atoms with van der Waals surface area (Å²) in [5.41, 5.74) is 1.74. The number of aromatic nitrogens is 1. The summed E-state index contributed by atoms with van der Waals surface area (Å²) in [4.78, 5) is 6.73. The minimum atomic E-state index is -0.323. The van der Waals surface area contributed by atoms with Crippen LogP contribution in [0.15, 0.2) is 12.3 Å². The molecule has 4 nitrogen and oxygen atoms in total. The highest BCUT2D eigenvalue weighted by molar-refractivity contribution is 6.62. The largest absolute Gasteiger partial charge is 0.496 e. The molecule has 114 valence electrons. The van der Waals surface area contributed by atoms with Gasteiger partial charge in [0, 0.05) is 25.8 Å². The van der Waals surface area contributed by atoms with E-state index in [1.165, 1.54) is 18.4 Å². The predicted molar refractivity (Wildman–Crippen MR) is 86.3 cm³/mol. The minimum absolute atomic E-state index is 0.308. The molecule has 0 spiro atoms. The van der Waals surface area contributed by atoms with Gasteiger partial charge < -0.3 is 14.2 Å². The van der Waals surface area contributed by atoms with Gasteiger partial charge in [-0.05, 0) is 52.0 Å². The van der Waals surface area contributed by atoms with Crippen LogP contribution in [0.2, 0.25) is 0 Å². The predicted octanol–water partition coefficient (Wildman–Crippen LogP) is 2.32. The summed E-state index contributed by atoms with van der Waals surface area (Å²) in [7, 11) is 3.77. The van der Waals surface area contributed by atoms with Crippen molar-refractivity contribution < 1.29 is 9.31 Å². The Labute approximate surface area is 128 Å². The third kappa shape index (κ3) is 2.57. The van der Waals surface area contributed by atoms with E-state index < -0.39 is 0 Å². The summed E-state index contributed by atoms with van der Waals surface area (Å²) in [6, 6.07) is 2.22. The van der Waals surface area contributed by atoms with Gasteiger partial charge in [0.25, 0.3) is 0 Å². The lowest BCUT2D eigenvalue weighted by Crippen LogP contribution is -2.41. The van der Waals surface area contributed by atoms with Crippen molar-refractivity contribution in [3.63, 3.8) is 0 Å². The second-order valence-electron chi connectivity index (χ2n) is 7.44. The highest BCUT2D eigenvalue weighted by Crippen LogP contribution is 2.43. The SMILES string of the molecule is CN(C)c1ncc(B2OC(C)(C)C(C)(C)O2)cc1C1CC1. The molecule has 1 aliphatic heterocycles. The first-order chi connectivity index (χ1) is 9.71. The van der Waals surface area contributed by atoms with Gasteiger partial charge in [0.05, 0.1) is 11.2 Å². The second-order valence-corrected chi connectivity index (χ2v) is 7.44. The van der Waals surface area contributed by atoms with E-state index in [1.54, 1.807) is 0 Å². The number of pyridine rings is 1. The van der Waals surface area contributed by atoms with Gasteiger partial charge in [-0.2, -0.15) is 0 Å². The van der Waals surface area contributed by atoms with E-state index in [4.69, 9.17) is 9.31 Å². The lowest BCUT2D eigenvalue weighted by molar-refractivity contribution is 0.00578. The third-order valence-corrected chi connectivity index (χ3v) is 4.88. The van der Waals surface area contributed by atoms with Crippen LogP contribution in [-0.4, -0.2) is 37.4 Å². The molecule has 3 rings (SSSR count). The van der Waals surface area contributed by atoms with Gasteiger partial charge in [-0.25, -0.2) is 4.98 Å². The Morgan fingerprint density at radius 3 is 2.19 bits per heavy atom. The lowest BCUT2D eigenvalue weighted by Gasteiger charge is -2.32. The van der Waals surface area contributed by atoms with Crippen LogP contribution in [0.25, 0.3) is 0 Å². The van der Waals surface area contributed by atoms with Gasteiger partial charge >= 0.3 is 7.12 Å². The molecule has 21 heavy (non-hydrogen) atoms. The van der Waals surface area contributed by atoms with E-state index in [0.717, 1.165) is 11.3 Å². The molecule has 1 aromatic heterocycles. The van der Waals surface area contributed by atoms with Crippen LogP contribution in [0.1, 0.15) is 52.0 Å². The van der Waals surface area contributed by atoms with E-state index in [9.17, 15) is 0 Å². The van der Waals surface area contributed by atoms with Crippen molar-refractivity contribution in [1.29, 1.82) is 0 Å². The Balaban J connectivity index is 1.92. The molecule has 2 fully saturated rings. The van der Waals surface area contributed by atoms with Crippen molar-refractivity contribution in [2.75, 3.05) is 19.0 Å². The Bertz CT molecular complexity index is 537. The maximum absolute atomic E-state index is 6.13. The molecule has 2 aliphatic rings. The second kappa shape index (κ2) is 4.72. The maximum atomic E-state index is 6.13. The average molecular weight is 288 g/mol. The number of rotatable bonds is 3. The Morgan fingerprint density at radius 1 is 1.14 bits per heavy atom. The van der Waals surface area contributed by atoms with Gasteiger partial charge in [-0.3, -0.25) is 0 Å². The van der Waals surface area contributed by atoms with Crippen molar-refractivity contribution >= 4 is 18.4 Å². The standard InChI is InChI=1S/C16H25BN2O2/c1-15(2)16(3,4)21-17(20-15)12-9-13(11-7-8-11)14(18-10-12)19(5)6/h9-11H,7-8H2,1-6H3. The normalized spacial score (nSPS) is 23.4. The molecular weight excluding hydrogens is 263 g/mol. The monoisotopic (exact) mass is 288 g/mol. The average Bonchev–Trinajstić information content (AvgIpc) is 3.17. The van der Waals surface area contributed by atoms with E-state index >= 15 is 0 Å². The first-order valence-electron chi connectivity index (χ1n) is 7.74. The van der Waals surface area contributed by atoms with E-state index in [1.807, 2.05) is 20.3 Å². The highest BCUT2D eigenvalue weighted by atomic mass is 16.7. The molecule has 1 aliphatic carbocycles. The summed E-state index contributed by atoms with van der Waals surface area (Å²) in [6.45, 7) is 8.32. The van der Waals surface area contributed by atoms with Crippen molar-refractivity contribution in [3.8, 4) is 0 Å². The molecule has 2 heterocycles. The molecule has 1 aromatic rings. The van der Waals surface area contributed by atoms with Gasteiger partial charge in [0.15, 0.2) is 0 Å². The van der Waals surface area contributed by atoms with Crippen LogP contribution in [-0.2, 0) is 9.31 Å². The van der Waals surface area contributed by atoms with Gasteiger partial charge in [0.2, 0.25) is 0 Å². The quantitative estimate of drug-likeness (QED) is 0.800. The van der Waals surface area contributed by atoms with Crippen LogP contribution in [0, 0.1) is 0 Å². The van der Waals surface area contributed by atoms with Crippen LogP contribution in [0.5, 0.6) is 0 Å². The Morgan fingerprint density at radius 2 is 1.71 bits per heavy atom. The fraction of sp³-hybridized carbons (Fsp3) is 0.688. The van der Waals surface area contributed by atoms with E-state index in [0.29, 0.717) is 5.92 Å². The van der Waals surface area contributed by atoms with Crippen molar-refractivity contribution in [3.05, 3.63) is 17.8 Å². The molecule has 1 saturated heterocycles. The lowest BCUT2D eigenvalue weighted by atomic mass is 9.79. The van der Waals surface area contributed by atoms with Crippen molar-refractivity contribution in [2.24, 2.45) is 0 Å². The fourth-order valence-corrected chi connectivity index (χ4v) is 2.67. The molecule has 0 N–H and O–H groups in total. The van der Waals surface area contributed by atoms with Crippen molar-refractivity contribution in [1.82, 2.24) is 4.98 Å². The topological polar surface area (TPSA) is 34.6 Å². The molecule has 0 radical (unpaired) electrons. The molecule has 1 saturated carbocycles. The van der Waals surface area contributed by atoms with Crippen LogP contribution in [0.3, 0.4) is 0 Å². The maximum Gasteiger partial charge on any atom is 0.496 e. The van der Waals surface area contributed by atoms with Crippen molar-refractivity contribution in [2.45, 2.75) is 57.7 Å². The highest BCUT2D eigenvalue weighted by Gasteiger charge is 2.52. The first-order valence-corrected chi connectivity index (χ1v) is 7.74. The van der Waals surface area contributed by atoms with E-state index in [2.05, 4.69) is 43.6 Å². The molecule has 0 aromatic carbocycles. The first kappa shape index (κ1) is 14.9. The number of anilines is 1. The van der Waals surface area contributed by atoms with Crippen LogP contribution in [0.4, 0.5) is 5.82 Å². The molecule has 0 atom stereocenters. The zero-order chi connectivity index (χ0) is 15.4. The summed E-state index contributed by atoms with van der Waals surface area (Å²) < 4.78 is 12.3. The number of hydrogen-bond acceptors (Lipinski definition) is 4.